The fourth-order valence-electron chi connectivity index (χ4n) is 2.32. The Kier molecular flexibility index (Phi) is 3.34. The van der Waals surface area contributed by atoms with E-state index in [0.29, 0.717) is 11.6 Å². The lowest BCUT2D eigenvalue weighted by Gasteiger charge is -2.07. The Morgan fingerprint density at radius 3 is 2.80 bits per heavy atom. The van der Waals surface area contributed by atoms with Crippen molar-refractivity contribution in [2.75, 3.05) is 7.11 Å². The molecule has 4 nitrogen and oxygen atoms in total. The molecule has 0 saturated carbocycles. The Hall–Kier alpha value is -2.04. The van der Waals surface area contributed by atoms with Crippen LogP contribution in [0.1, 0.15) is 5.69 Å². The fraction of sp³-hybridized carbons (Fsp3) is 0.133. The summed E-state index contributed by atoms with van der Waals surface area (Å²) in [5.41, 5.74) is 9.37. The van der Waals surface area contributed by atoms with E-state index < -0.39 is 0 Å². The van der Waals surface area contributed by atoms with Gasteiger partial charge in [0, 0.05) is 18.3 Å². The highest BCUT2D eigenvalue weighted by molar-refractivity contribution is 6.30. The number of ether oxygens (including phenoxy) is 1. The standard InChI is InChI=1S/C15H14ClN3O/c1-20-13-5-3-2-4-11(13)15-12(8-17)19-9-10(16)6-7-14(19)18-15/h2-7,9H,8,17H2,1H3. The van der Waals surface area contributed by atoms with Crippen molar-refractivity contribution in [3.05, 3.63) is 53.3 Å². The molecule has 0 unspecified atom stereocenters. The predicted octanol–water partition coefficient (Wildman–Crippen LogP) is 3.12. The Balaban J connectivity index is 2.30. The molecule has 0 aliphatic carbocycles. The minimum absolute atomic E-state index is 0.370. The van der Waals surface area contributed by atoms with Crippen molar-refractivity contribution in [2.45, 2.75) is 6.54 Å². The molecule has 5 heteroatoms. The Labute approximate surface area is 121 Å². The molecule has 0 aliphatic rings. The van der Waals surface area contributed by atoms with Crippen LogP contribution in [0.25, 0.3) is 16.9 Å². The van der Waals surface area contributed by atoms with E-state index in [1.165, 1.54) is 0 Å². The van der Waals surface area contributed by atoms with Gasteiger partial charge in [0.1, 0.15) is 11.4 Å². The molecule has 2 heterocycles. The zero-order chi connectivity index (χ0) is 14.1. The first kappa shape index (κ1) is 13.0. The van der Waals surface area contributed by atoms with Crippen LogP contribution in [0.3, 0.4) is 0 Å². The highest BCUT2D eigenvalue weighted by atomic mass is 35.5. The summed E-state index contributed by atoms with van der Waals surface area (Å²) in [4.78, 5) is 4.65. The molecule has 3 rings (SSSR count). The van der Waals surface area contributed by atoms with Crippen LogP contribution in [0.15, 0.2) is 42.6 Å². The number of fused-ring (bicyclic) bond motifs is 1. The number of nitrogens with two attached hydrogens (primary N) is 1. The molecule has 3 aromatic rings. The lowest BCUT2D eigenvalue weighted by atomic mass is 10.1. The second-order valence-corrected chi connectivity index (χ2v) is 4.82. The number of hydrogen-bond acceptors (Lipinski definition) is 3. The first-order chi connectivity index (χ1) is 9.74. The van der Waals surface area contributed by atoms with Crippen molar-refractivity contribution in [3.8, 4) is 17.0 Å². The number of hydrogen-bond donors (Lipinski definition) is 1. The van der Waals surface area contributed by atoms with Crippen molar-refractivity contribution in [1.82, 2.24) is 9.38 Å². The third-order valence-corrected chi connectivity index (χ3v) is 3.46. The van der Waals surface area contributed by atoms with Crippen LogP contribution in [-0.4, -0.2) is 16.5 Å². The zero-order valence-electron chi connectivity index (χ0n) is 11.0. The van der Waals surface area contributed by atoms with Crippen molar-refractivity contribution < 1.29 is 4.74 Å². The summed E-state index contributed by atoms with van der Waals surface area (Å²) in [6.07, 6.45) is 1.82. The van der Waals surface area contributed by atoms with E-state index in [1.54, 1.807) is 7.11 Å². The number of pyridine rings is 1. The molecule has 0 fully saturated rings. The SMILES string of the molecule is COc1ccccc1-c1nc2ccc(Cl)cn2c1CN. The Morgan fingerprint density at radius 2 is 2.05 bits per heavy atom. The predicted molar refractivity (Wildman–Crippen MR) is 80.1 cm³/mol. The number of rotatable bonds is 3. The van der Waals surface area contributed by atoms with Gasteiger partial charge in [-0.05, 0) is 24.3 Å². The number of imidazole rings is 1. The van der Waals surface area contributed by atoms with Crippen molar-refractivity contribution in [2.24, 2.45) is 5.73 Å². The average Bonchev–Trinajstić information content (AvgIpc) is 2.84. The average molecular weight is 288 g/mol. The number of aromatic nitrogens is 2. The molecular formula is C15H14ClN3O. The van der Waals surface area contributed by atoms with Crippen LogP contribution >= 0.6 is 11.6 Å². The number of halogens is 1. The van der Waals surface area contributed by atoms with Crippen LogP contribution in [0.4, 0.5) is 0 Å². The van der Waals surface area contributed by atoms with Gasteiger partial charge in [0.05, 0.1) is 23.5 Å². The smallest absolute Gasteiger partial charge is 0.137 e. The minimum atomic E-state index is 0.370. The number of benzene rings is 1. The molecule has 2 aromatic heterocycles. The summed E-state index contributed by atoms with van der Waals surface area (Å²) in [6.45, 7) is 0.370. The summed E-state index contributed by atoms with van der Waals surface area (Å²) < 4.78 is 7.32. The molecule has 0 aliphatic heterocycles. The van der Waals surface area contributed by atoms with Gasteiger partial charge in [0.2, 0.25) is 0 Å². The van der Waals surface area contributed by atoms with Gasteiger partial charge in [-0.3, -0.25) is 0 Å². The highest BCUT2D eigenvalue weighted by Crippen LogP contribution is 2.32. The van der Waals surface area contributed by atoms with Gasteiger partial charge in [0.25, 0.3) is 0 Å². The monoisotopic (exact) mass is 287 g/mol. The molecular weight excluding hydrogens is 274 g/mol. The molecule has 2 N–H and O–H groups in total. The van der Waals surface area contributed by atoms with Crippen LogP contribution in [0.5, 0.6) is 5.75 Å². The maximum atomic E-state index is 6.05. The largest absolute Gasteiger partial charge is 0.496 e. The molecule has 0 atom stereocenters. The van der Waals surface area contributed by atoms with Crippen LogP contribution in [-0.2, 0) is 6.54 Å². The number of methoxy groups -OCH3 is 1. The van der Waals surface area contributed by atoms with E-state index in [-0.39, 0.29) is 0 Å². The van der Waals surface area contributed by atoms with Gasteiger partial charge < -0.3 is 14.9 Å². The normalized spacial score (nSPS) is 10.9. The zero-order valence-corrected chi connectivity index (χ0v) is 11.8. The fourth-order valence-corrected chi connectivity index (χ4v) is 2.48. The third kappa shape index (κ3) is 2.03. The van der Waals surface area contributed by atoms with Crippen molar-refractivity contribution in [1.29, 1.82) is 0 Å². The van der Waals surface area contributed by atoms with E-state index in [4.69, 9.17) is 22.1 Å². The van der Waals surface area contributed by atoms with Crippen LogP contribution < -0.4 is 10.5 Å². The summed E-state index contributed by atoms with van der Waals surface area (Å²) >= 11 is 6.05. The Morgan fingerprint density at radius 1 is 1.25 bits per heavy atom. The lowest BCUT2D eigenvalue weighted by Crippen LogP contribution is -2.03. The Bertz CT molecular complexity index is 767. The third-order valence-electron chi connectivity index (χ3n) is 3.24. The first-order valence-electron chi connectivity index (χ1n) is 6.24. The minimum Gasteiger partial charge on any atom is -0.496 e. The number of para-hydroxylation sites is 1. The topological polar surface area (TPSA) is 52.5 Å². The summed E-state index contributed by atoms with van der Waals surface area (Å²) in [6, 6.07) is 11.5. The number of nitrogens with zero attached hydrogens (tertiary/aromatic N) is 2. The van der Waals surface area contributed by atoms with Gasteiger partial charge in [-0.15, -0.1) is 0 Å². The van der Waals surface area contributed by atoms with E-state index >= 15 is 0 Å². The lowest BCUT2D eigenvalue weighted by molar-refractivity contribution is 0.416. The van der Waals surface area contributed by atoms with Crippen LogP contribution in [0, 0.1) is 0 Å². The van der Waals surface area contributed by atoms with E-state index in [1.807, 2.05) is 47.0 Å². The van der Waals surface area contributed by atoms with Gasteiger partial charge in [-0.25, -0.2) is 4.98 Å². The molecule has 0 spiro atoms. The summed E-state index contributed by atoms with van der Waals surface area (Å²) in [5.74, 6) is 0.775. The molecule has 0 saturated heterocycles. The van der Waals surface area contributed by atoms with Gasteiger partial charge in [-0.2, -0.15) is 0 Å². The van der Waals surface area contributed by atoms with Crippen LogP contribution in [0.2, 0.25) is 5.02 Å². The molecule has 0 radical (unpaired) electrons. The molecule has 0 bridgehead atoms. The maximum absolute atomic E-state index is 6.05. The summed E-state index contributed by atoms with van der Waals surface area (Å²) in [5, 5.41) is 0.649. The van der Waals surface area contributed by atoms with Gasteiger partial charge in [0.15, 0.2) is 0 Å². The van der Waals surface area contributed by atoms with Crippen molar-refractivity contribution in [3.63, 3.8) is 0 Å². The van der Waals surface area contributed by atoms with Gasteiger partial charge in [-0.1, -0.05) is 23.7 Å². The van der Waals surface area contributed by atoms with E-state index in [0.717, 1.165) is 28.3 Å². The highest BCUT2D eigenvalue weighted by Gasteiger charge is 2.16. The molecule has 20 heavy (non-hydrogen) atoms. The summed E-state index contributed by atoms with van der Waals surface area (Å²) in [7, 11) is 1.65. The molecule has 102 valence electrons. The maximum Gasteiger partial charge on any atom is 0.137 e. The second-order valence-electron chi connectivity index (χ2n) is 4.39. The molecule has 0 amide bonds. The van der Waals surface area contributed by atoms with Gasteiger partial charge >= 0.3 is 0 Å². The van der Waals surface area contributed by atoms with Crippen molar-refractivity contribution >= 4 is 17.2 Å². The molecule has 1 aromatic carbocycles. The van der Waals surface area contributed by atoms with E-state index in [9.17, 15) is 0 Å². The first-order valence-corrected chi connectivity index (χ1v) is 6.62. The second kappa shape index (κ2) is 5.15. The quantitative estimate of drug-likeness (QED) is 0.805. The van der Waals surface area contributed by atoms with E-state index in [2.05, 4.69) is 4.98 Å².